The molecule has 3 heteroatoms. The maximum absolute atomic E-state index is 4.90. The van der Waals surface area contributed by atoms with Gasteiger partial charge in [0.05, 0.1) is 11.0 Å². The Hall–Kier alpha value is -2.13. The monoisotopic (exact) mass is 321 g/mol. The molecule has 0 atom stereocenters. The lowest BCUT2D eigenvalue weighted by Crippen LogP contribution is -2.18. The van der Waals surface area contributed by atoms with Gasteiger partial charge in [0.15, 0.2) is 0 Å². The maximum atomic E-state index is 4.90. The first-order valence-electron chi connectivity index (χ1n) is 8.57. The van der Waals surface area contributed by atoms with Gasteiger partial charge in [-0.3, -0.25) is 0 Å². The van der Waals surface area contributed by atoms with E-state index < -0.39 is 0 Å². The number of aromatic nitrogens is 2. The molecule has 0 fully saturated rings. The zero-order chi connectivity index (χ0) is 17.3. The molecule has 0 amide bonds. The molecule has 0 aliphatic heterocycles. The van der Waals surface area contributed by atoms with Gasteiger partial charge in [-0.2, -0.15) is 0 Å². The van der Waals surface area contributed by atoms with Crippen molar-refractivity contribution in [1.82, 2.24) is 14.5 Å². The highest BCUT2D eigenvalue weighted by Crippen LogP contribution is 2.28. The Bertz CT molecular complexity index is 820. The maximum Gasteiger partial charge on any atom is 0.141 e. The number of fused-ring (bicyclic) bond motifs is 1. The van der Waals surface area contributed by atoms with Gasteiger partial charge in [0, 0.05) is 18.7 Å². The van der Waals surface area contributed by atoms with Crippen LogP contribution in [0, 0.1) is 0 Å². The summed E-state index contributed by atoms with van der Waals surface area (Å²) in [6.07, 6.45) is 0. The summed E-state index contributed by atoms with van der Waals surface area (Å²) in [6, 6.07) is 17.2. The lowest BCUT2D eigenvalue weighted by molar-refractivity contribution is 0.387. The smallest absolute Gasteiger partial charge is 0.141 e. The summed E-state index contributed by atoms with van der Waals surface area (Å²) >= 11 is 0. The summed E-state index contributed by atoms with van der Waals surface area (Å²) in [5.74, 6) is 1.05. The molecule has 3 aromatic rings. The van der Waals surface area contributed by atoms with Crippen molar-refractivity contribution >= 4 is 11.0 Å². The highest BCUT2D eigenvalue weighted by Gasteiger charge is 2.16. The van der Waals surface area contributed by atoms with Crippen molar-refractivity contribution in [2.75, 3.05) is 20.6 Å². The van der Waals surface area contributed by atoms with E-state index >= 15 is 0 Å². The Labute approximate surface area is 144 Å². The van der Waals surface area contributed by atoms with Gasteiger partial charge in [-0.05, 0) is 37.2 Å². The quantitative estimate of drug-likeness (QED) is 0.702. The van der Waals surface area contributed by atoms with Crippen LogP contribution in [0.5, 0.6) is 0 Å². The first-order valence-corrected chi connectivity index (χ1v) is 8.57. The highest BCUT2D eigenvalue weighted by atomic mass is 15.1. The molecular formula is C21H27N3. The normalized spacial score (nSPS) is 12.2. The van der Waals surface area contributed by atoms with Gasteiger partial charge in [0.1, 0.15) is 5.82 Å². The Balaban J connectivity index is 2.06. The minimum absolute atomic E-state index is 0.170. The second-order valence-electron chi connectivity index (χ2n) is 7.71. The van der Waals surface area contributed by atoms with Crippen LogP contribution in [-0.2, 0) is 12.0 Å². The molecule has 0 N–H and O–H groups in total. The van der Waals surface area contributed by atoms with Gasteiger partial charge < -0.3 is 9.47 Å². The summed E-state index contributed by atoms with van der Waals surface area (Å²) < 4.78 is 2.33. The average Bonchev–Trinajstić information content (AvgIpc) is 2.91. The first-order chi connectivity index (χ1) is 11.4. The summed E-state index contributed by atoms with van der Waals surface area (Å²) in [5.41, 5.74) is 4.96. The molecule has 0 aliphatic rings. The molecule has 3 nitrogen and oxygen atoms in total. The molecule has 24 heavy (non-hydrogen) atoms. The van der Waals surface area contributed by atoms with E-state index in [1.54, 1.807) is 0 Å². The van der Waals surface area contributed by atoms with Crippen molar-refractivity contribution in [3.63, 3.8) is 0 Å². The zero-order valence-corrected chi connectivity index (χ0v) is 15.4. The van der Waals surface area contributed by atoms with E-state index in [9.17, 15) is 0 Å². The van der Waals surface area contributed by atoms with E-state index in [0.29, 0.717) is 0 Å². The average molecular weight is 321 g/mol. The molecule has 0 aliphatic carbocycles. The SMILES string of the molecule is CN(C)CCn1c(-c2ccc(C(C)(C)C)cc2)nc2ccccc21. The van der Waals surface area contributed by atoms with Crippen LogP contribution in [0.2, 0.25) is 0 Å². The van der Waals surface area contributed by atoms with Crippen LogP contribution in [0.25, 0.3) is 22.4 Å². The molecule has 0 spiro atoms. The van der Waals surface area contributed by atoms with Crippen LogP contribution < -0.4 is 0 Å². The van der Waals surface area contributed by atoms with Crippen LogP contribution >= 0.6 is 0 Å². The number of nitrogens with zero attached hydrogens (tertiary/aromatic N) is 3. The van der Waals surface area contributed by atoms with Gasteiger partial charge in [0.2, 0.25) is 0 Å². The summed E-state index contributed by atoms with van der Waals surface area (Å²) in [5, 5.41) is 0. The Morgan fingerprint density at radius 1 is 0.958 bits per heavy atom. The molecule has 0 unspecified atom stereocenters. The van der Waals surface area contributed by atoms with Crippen molar-refractivity contribution < 1.29 is 0 Å². The predicted molar refractivity (Wildman–Crippen MR) is 102 cm³/mol. The molecule has 126 valence electrons. The third kappa shape index (κ3) is 3.36. The van der Waals surface area contributed by atoms with E-state index in [1.165, 1.54) is 16.6 Å². The lowest BCUT2D eigenvalue weighted by Gasteiger charge is -2.19. The van der Waals surface area contributed by atoms with Gasteiger partial charge in [-0.25, -0.2) is 4.98 Å². The van der Waals surface area contributed by atoms with Gasteiger partial charge >= 0.3 is 0 Å². The number of hydrogen-bond donors (Lipinski definition) is 0. The van der Waals surface area contributed by atoms with Crippen LogP contribution in [-0.4, -0.2) is 35.1 Å². The van der Waals surface area contributed by atoms with Crippen molar-refractivity contribution in [2.45, 2.75) is 32.7 Å². The van der Waals surface area contributed by atoms with E-state index in [-0.39, 0.29) is 5.41 Å². The van der Waals surface area contributed by atoms with Crippen LogP contribution in [0.3, 0.4) is 0 Å². The fraction of sp³-hybridized carbons (Fsp3) is 0.381. The van der Waals surface area contributed by atoms with Crippen LogP contribution in [0.1, 0.15) is 26.3 Å². The van der Waals surface area contributed by atoms with Gasteiger partial charge in [0.25, 0.3) is 0 Å². The molecule has 0 saturated heterocycles. The standard InChI is InChI=1S/C21H27N3/c1-21(2,3)17-12-10-16(11-13-17)20-22-18-8-6-7-9-19(18)24(20)15-14-23(4)5/h6-13H,14-15H2,1-5H3. The minimum atomic E-state index is 0.170. The first kappa shape index (κ1) is 16.7. The predicted octanol–water partition coefficient (Wildman–Crippen LogP) is 4.56. The lowest BCUT2D eigenvalue weighted by atomic mass is 9.87. The number of hydrogen-bond acceptors (Lipinski definition) is 2. The van der Waals surface area contributed by atoms with Gasteiger partial charge in [-0.15, -0.1) is 0 Å². The number of benzene rings is 2. The van der Waals surface area contributed by atoms with Crippen molar-refractivity contribution in [3.8, 4) is 11.4 Å². The van der Waals surface area contributed by atoms with E-state index in [4.69, 9.17) is 4.98 Å². The number of para-hydroxylation sites is 2. The summed E-state index contributed by atoms with van der Waals surface area (Å²) in [7, 11) is 4.22. The number of rotatable bonds is 4. The molecule has 0 bridgehead atoms. The fourth-order valence-electron chi connectivity index (χ4n) is 2.94. The van der Waals surface area contributed by atoms with Crippen LogP contribution in [0.4, 0.5) is 0 Å². The Morgan fingerprint density at radius 2 is 1.62 bits per heavy atom. The summed E-state index contributed by atoms with van der Waals surface area (Å²) in [4.78, 5) is 7.11. The molecule has 3 rings (SSSR count). The number of likely N-dealkylation sites (N-methyl/N-ethyl adjacent to an activating group) is 1. The van der Waals surface area contributed by atoms with E-state index in [0.717, 1.165) is 24.4 Å². The molecule has 1 aromatic heterocycles. The zero-order valence-electron chi connectivity index (χ0n) is 15.4. The summed E-state index contributed by atoms with van der Waals surface area (Å²) in [6.45, 7) is 8.66. The Morgan fingerprint density at radius 3 is 2.25 bits per heavy atom. The molecule has 2 aromatic carbocycles. The molecule has 1 heterocycles. The largest absolute Gasteiger partial charge is 0.323 e. The Kier molecular flexibility index (Phi) is 4.46. The number of imidazole rings is 1. The van der Waals surface area contributed by atoms with E-state index in [2.05, 4.69) is 92.9 Å². The third-order valence-corrected chi connectivity index (χ3v) is 4.43. The van der Waals surface area contributed by atoms with E-state index in [1.807, 2.05) is 0 Å². The minimum Gasteiger partial charge on any atom is -0.323 e. The van der Waals surface area contributed by atoms with Crippen LogP contribution in [0.15, 0.2) is 48.5 Å². The molecule has 0 radical (unpaired) electrons. The third-order valence-electron chi connectivity index (χ3n) is 4.43. The molecule has 0 saturated carbocycles. The van der Waals surface area contributed by atoms with Crippen molar-refractivity contribution in [2.24, 2.45) is 0 Å². The second kappa shape index (κ2) is 6.40. The topological polar surface area (TPSA) is 21.1 Å². The van der Waals surface area contributed by atoms with Crippen molar-refractivity contribution in [3.05, 3.63) is 54.1 Å². The fourth-order valence-corrected chi connectivity index (χ4v) is 2.94. The highest BCUT2D eigenvalue weighted by molar-refractivity contribution is 5.80. The van der Waals surface area contributed by atoms with Gasteiger partial charge in [-0.1, -0.05) is 57.2 Å². The van der Waals surface area contributed by atoms with Crippen molar-refractivity contribution in [1.29, 1.82) is 0 Å². The second-order valence-corrected chi connectivity index (χ2v) is 7.71. The molecular weight excluding hydrogens is 294 g/mol.